The van der Waals surface area contributed by atoms with Gasteiger partial charge in [0.1, 0.15) is 31.7 Å². The number of fused-ring (bicyclic) bond motifs is 2. The van der Waals surface area contributed by atoms with E-state index in [0.717, 1.165) is 9.13 Å². The number of rotatable bonds is 6. The number of aromatic amines is 1. The molecular weight excluding hydrogens is 1030 g/mol. The number of hydrogen-bond acceptors (Lipinski definition) is 12. The first-order valence-corrected chi connectivity index (χ1v) is 21.4. The van der Waals surface area contributed by atoms with E-state index >= 15 is 0 Å². The Morgan fingerprint density at radius 3 is 1.31 bits per heavy atom. The van der Waals surface area contributed by atoms with E-state index < -0.39 is 33.9 Å². The monoisotopic (exact) mass is 1070 g/mol. The molecule has 4 aromatic heterocycles. The van der Waals surface area contributed by atoms with Crippen molar-refractivity contribution in [1.29, 1.82) is 0 Å². The van der Waals surface area contributed by atoms with Crippen LogP contribution >= 0.6 is 46.6 Å². The van der Waals surface area contributed by atoms with Crippen molar-refractivity contribution in [2.75, 3.05) is 11.2 Å². The molecule has 322 valence electrons. The van der Waals surface area contributed by atoms with Crippen LogP contribution in [-0.4, -0.2) is 55.0 Å². The average molecular weight is 1070 g/mol. The Balaban J connectivity index is 0.000000550. The van der Waals surface area contributed by atoms with Crippen LogP contribution in [0.15, 0.2) is 155 Å². The largest absolute Gasteiger partial charge is 1.00 e. The van der Waals surface area contributed by atoms with Crippen LogP contribution in [0.1, 0.15) is 8.85 Å². The molecule has 4 heterocycles. The summed E-state index contributed by atoms with van der Waals surface area (Å²) in [5.74, 6) is 0. The van der Waals surface area contributed by atoms with Crippen LogP contribution in [-0.2, 0) is 23.8 Å². The molecule has 0 aliphatic heterocycles. The molecule has 0 radical (unpaired) electrons. The van der Waals surface area contributed by atoms with E-state index in [2.05, 4.69) is 37.4 Å². The van der Waals surface area contributed by atoms with E-state index in [-0.39, 0.29) is 150 Å². The summed E-state index contributed by atoms with van der Waals surface area (Å²) in [5.41, 5.74) is -0.948. The Bertz CT molecular complexity index is 3300. The van der Waals surface area contributed by atoms with Gasteiger partial charge in [0.2, 0.25) is 0 Å². The van der Waals surface area contributed by atoms with Gasteiger partial charge < -0.3 is 11.6 Å². The van der Waals surface area contributed by atoms with Gasteiger partial charge in [-0.15, -0.1) is 11.8 Å². The zero-order chi connectivity index (χ0) is 44.4. The molecule has 0 aliphatic carbocycles. The van der Waals surface area contributed by atoms with E-state index in [1.54, 1.807) is 109 Å². The number of H-pyrrole nitrogens is 1. The first-order chi connectivity index (χ1) is 29.5. The number of alkyl halides is 1. The van der Waals surface area contributed by atoms with Crippen LogP contribution in [0.25, 0.3) is 44.8 Å². The van der Waals surface area contributed by atoms with E-state index in [0.29, 0.717) is 22.7 Å². The molecule has 8 aromatic rings. The van der Waals surface area contributed by atoms with Gasteiger partial charge in [-0.2, -0.15) is 4.98 Å². The zero-order valence-electron chi connectivity index (χ0n) is 35.6. The van der Waals surface area contributed by atoms with Crippen molar-refractivity contribution in [2.24, 2.45) is 14.1 Å². The summed E-state index contributed by atoms with van der Waals surface area (Å²) in [6, 6.07) is 35.0. The number of carbonyl (C=O) groups excluding carboxylic acids is 1. The van der Waals surface area contributed by atoms with Gasteiger partial charge in [0, 0.05) is 14.1 Å². The molecule has 0 spiro atoms. The number of benzene rings is 4. The molecule has 0 atom stereocenters. The molecular formula is C42H39IK2N8O9S2. The first kappa shape index (κ1) is 56.7. The Labute approximate surface area is 473 Å². The quantitative estimate of drug-likeness (QED) is 0.0223. The molecule has 1 N–H and O–H groups in total. The number of nitrogens with zero attached hydrogens (tertiary/aromatic N) is 7. The Morgan fingerprint density at radius 2 is 0.969 bits per heavy atom. The fraction of sp³-hybridized carbons (Fsp3) is 0.119. The SMILES string of the molecule is C.CI.CSc1nc(=O)n(C)c2c1c(=O)n(-c1ccccc1)c(=O)n2-c1ccccc1.Cn1c(=O)[nH]c(=S)c2c(=O)n(-c3ccccc3)c(=O)n(-c3ccccc3)c21.O=CO[O-].[H-].[K+].[K+]. The van der Waals surface area contributed by atoms with Crippen LogP contribution in [0, 0.1) is 4.64 Å². The number of carbonyl (C=O) groups is 1. The molecule has 0 fully saturated rings. The normalized spacial score (nSPS) is 9.91. The zero-order valence-corrected chi connectivity index (χ0v) is 44.7. The Morgan fingerprint density at radius 1 is 0.641 bits per heavy atom. The summed E-state index contributed by atoms with van der Waals surface area (Å²) in [5, 5.41) is 9.04. The molecule has 0 aliphatic rings. The number of thioether (sulfide) groups is 1. The molecule has 22 heteroatoms. The molecule has 8 rings (SSSR count). The van der Waals surface area contributed by atoms with Crippen molar-refractivity contribution in [2.45, 2.75) is 12.5 Å². The first-order valence-electron chi connectivity index (χ1n) is 17.6. The molecule has 4 aromatic carbocycles. The van der Waals surface area contributed by atoms with Crippen molar-refractivity contribution < 1.29 is 119 Å². The molecule has 0 amide bonds. The minimum atomic E-state index is -0.583. The fourth-order valence-corrected chi connectivity index (χ4v) is 7.06. The van der Waals surface area contributed by atoms with Gasteiger partial charge in [-0.05, 0) is 59.7 Å². The number of hydrogen-bond donors (Lipinski definition) is 1. The van der Waals surface area contributed by atoms with Crippen molar-refractivity contribution in [3.05, 3.63) is 189 Å². The maximum absolute atomic E-state index is 13.5. The number of halogens is 1. The van der Waals surface area contributed by atoms with Crippen LogP contribution in [0.3, 0.4) is 0 Å². The third kappa shape index (κ3) is 11.9. The fourth-order valence-electron chi connectivity index (χ4n) is 6.24. The average Bonchev–Trinajstić information content (AvgIpc) is 3.29. The molecule has 0 unspecified atom stereocenters. The van der Waals surface area contributed by atoms with E-state index in [4.69, 9.17) is 22.3 Å². The molecule has 0 saturated carbocycles. The second-order valence-corrected chi connectivity index (χ2v) is 13.4. The smallest absolute Gasteiger partial charge is 1.00 e. The number of aromatic nitrogens is 8. The number of aryl methyl sites for hydroxylation is 2. The van der Waals surface area contributed by atoms with Gasteiger partial charge in [0.25, 0.3) is 17.6 Å². The van der Waals surface area contributed by atoms with Crippen LogP contribution < -0.4 is 142 Å². The predicted molar refractivity (Wildman–Crippen MR) is 250 cm³/mol. The topological polar surface area (TPSA) is 210 Å². The Hall–Kier alpha value is -3.48. The van der Waals surface area contributed by atoms with Crippen LogP contribution in [0.5, 0.6) is 0 Å². The van der Waals surface area contributed by atoms with Crippen molar-refractivity contribution >= 4 is 75.1 Å². The van der Waals surface area contributed by atoms with Gasteiger partial charge in [-0.3, -0.25) is 28.5 Å². The molecule has 64 heavy (non-hydrogen) atoms. The van der Waals surface area contributed by atoms with Crippen LogP contribution in [0.2, 0.25) is 0 Å². The minimum Gasteiger partial charge on any atom is -1.00 e. The molecule has 17 nitrogen and oxygen atoms in total. The summed E-state index contributed by atoms with van der Waals surface area (Å²) in [6.07, 6.45) is 1.74. The van der Waals surface area contributed by atoms with E-state index in [1.807, 2.05) is 23.1 Å². The van der Waals surface area contributed by atoms with E-state index in [9.17, 15) is 28.8 Å². The van der Waals surface area contributed by atoms with Gasteiger partial charge in [0.15, 0.2) is 0 Å². The summed E-state index contributed by atoms with van der Waals surface area (Å²) in [7, 11) is 2.99. The molecule has 0 bridgehead atoms. The number of para-hydroxylation sites is 4. The van der Waals surface area contributed by atoms with Crippen molar-refractivity contribution in [1.82, 2.24) is 37.4 Å². The van der Waals surface area contributed by atoms with Gasteiger partial charge in [-0.25, -0.2) is 37.4 Å². The predicted octanol–water partition coefficient (Wildman–Crippen LogP) is -1.90. The van der Waals surface area contributed by atoms with Crippen LogP contribution in [0.4, 0.5) is 0 Å². The second-order valence-electron chi connectivity index (χ2n) is 12.2. The van der Waals surface area contributed by atoms with Crippen molar-refractivity contribution in [3.63, 3.8) is 0 Å². The van der Waals surface area contributed by atoms with Crippen molar-refractivity contribution in [3.8, 4) is 22.7 Å². The number of nitrogens with one attached hydrogen (secondary N) is 1. The summed E-state index contributed by atoms with van der Waals surface area (Å²) < 4.78 is 7.33. The molecule has 0 saturated heterocycles. The Kier molecular flexibility index (Phi) is 23.6. The maximum Gasteiger partial charge on any atom is 1.00 e. The van der Waals surface area contributed by atoms with E-state index in [1.165, 1.54) is 44.1 Å². The summed E-state index contributed by atoms with van der Waals surface area (Å²) in [6.45, 7) is -0.181. The summed E-state index contributed by atoms with van der Waals surface area (Å²) in [4.78, 5) is 97.7. The van der Waals surface area contributed by atoms with Gasteiger partial charge >= 0.3 is 126 Å². The second kappa shape index (κ2) is 26.6. The maximum atomic E-state index is 13.5. The minimum absolute atomic E-state index is 0. The standard InChI is InChI=1S/C20H16N4O3S.C19H14N4O3S.CH3I.CH2O3.CH4.2K.H/c1-22-17-15(16(28-2)21-19(22)26)18(25)24(14-11-7-4-8-12-14)20(27)23(17)13-9-5-3-6-10-13;1-21-16-14(15(27)20-18(21)25)17(24)23(13-10-6-3-7-11-13)19(26)22(16)12-8-4-2-5-9-12;1-2;2-1-4-3;;;;/h3-12H,1-2H3;2-11H,1H3,(H,20,25,27);1H3;1,3H;1H4;;;/q;;;;;2*+1;-1/p-1. The van der Waals surface area contributed by atoms with Gasteiger partial charge in [-0.1, -0.05) is 115 Å². The third-order valence-corrected chi connectivity index (χ3v) is 9.83. The summed E-state index contributed by atoms with van der Waals surface area (Å²) >= 11 is 8.60. The third-order valence-electron chi connectivity index (χ3n) is 8.85. The van der Waals surface area contributed by atoms with Gasteiger partial charge in [0.05, 0.1) is 22.7 Å².